The minimum absolute atomic E-state index is 0.222. The maximum atomic E-state index is 11.8. The van der Waals surface area contributed by atoms with Crippen LogP contribution in [-0.2, 0) is 9.53 Å². The Hall–Kier alpha value is -1.30. The summed E-state index contributed by atoms with van der Waals surface area (Å²) in [5.41, 5.74) is 0.147. The van der Waals surface area contributed by atoms with Gasteiger partial charge in [-0.05, 0) is 57.3 Å². The molecule has 0 saturated heterocycles. The predicted molar refractivity (Wildman–Crippen MR) is 70.8 cm³/mol. The quantitative estimate of drug-likeness (QED) is 0.565. The number of hydrogen-bond acceptors (Lipinski definition) is 3. The van der Waals surface area contributed by atoms with E-state index in [4.69, 9.17) is 10.00 Å². The molecule has 2 bridgehead atoms. The number of carbonyl (C=O) groups excluding carboxylic acids is 1. The molecule has 0 heterocycles. The van der Waals surface area contributed by atoms with E-state index in [9.17, 15) is 4.79 Å². The number of rotatable bonds is 2. The lowest BCUT2D eigenvalue weighted by atomic mass is 9.73. The first kappa shape index (κ1) is 12.7. The van der Waals surface area contributed by atoms with Gasteiger partial charge in [0.15, 0.2) is 0 Å². The van der Waals surface area contributed by atoms with E-state index < -0.39 is 0 Å². The summed E-state index contributed by atoms with van der Waals surface area (Å²) in [7, 11) is 0. The summed E-state index contributed by atoms with van der Waals surface area (Å²) in [5, 5.41) is 9.12. The summed E-state index contributed by atoms with van der Waals surface area (Å²) in [6, 6.07) is 2.43. The van der Waals surface area contributed by atoms with Crippen molar-refractivity contribution < 1.29 is 9.53 Å². The first-order valence-corrected chi connectivity index (χ1v) is 7.23. The second-order valence-electron chi connectivity index (χ2n) is 6.91. The van der Waals surface area contributed by atoms with E-state index >= 15 is 0 Å². The molecule has 0 aromatic rings. The van der Waals surface area contributed by atoms with Gasteiger partial charge >= 0.3 is 5.97 Å². The van der Waals surface area contributed by atoms with E-state index in [0.29, 0.717) is 29.2 Å². The molecule has 19 heavy (non-hydrogen) atoms. The van der Waals surface area contributed by atoms with E-state index in [-0.39, 0.29) is 17.5 Å². The number of carbonyl (C=O) groups is 1. The van der Waals surface area contributed by atoms with Crippen molar-refractivity contribution in [2.75, 3.05) is 0 Å². The van der Waals surface area contributed by atoms with Crippen LogP contribution in [0.3, 0.4) is 0 Å². The van der Waals surface area contributed by atoms with Crippen molar-refractivity contribution in [3.63, 3.8) is 0 Å². The van der Waals surface area contributed by atoms with Gasteiger partial charge in [-0.1, -0.05) is 6.58 Å². The average Bonchev–Trinajstić information content (AvgIpc) is 2.96. The molecule has 0 aromatic heterocycles. The summed E-state index contributed by atoms with van der Waals surface area (Å²) >= 11 is 0. The SMILES string of the molecule is C=C(C)C(=O)OC1(C)CC2CC1C1CC(C#N)CC21. The third-order valence-electron chi connectivity index (χ3n) is 5.65. The van der Waals surface area contributed by atoms with Crippen LogP contribution in [0.5, 0.6) is 0 Å². The fourth-order valence-corrected chi connectivity index (χ4v) is 4.91. The minimum atomic E-state index is -0.327. The third kappa shape index (κ3) is 1.81. The molecule has 3 saturated carbocycles. The zero-order chi connectivity index (χ0) is 13.8. The van der Waals surface area contributed by atoms with Crippen LogP contribution in [0.1, 0.15) is 39.5 Å². The maximum absolute atomic E-state index is 11.8. The lowest BCUT2D eigenvalue weighted by Gasteiger charge is -2.39. The Labute approximate surface area is 114 Å². The van der Waals surface area contributed by atoms with Gasteiger partial charge in [0.05, 0.1) is 6.07 Å². The van der Waals surface area contributed by atoms with Gasteiger partial charge in [-0.3, -0.25) is 0 Å². The zero-order valence-corrected chi connectivity index (χ0v) is 11.7. The standard InChI is InChI=1S/C16H21NO2/c1-9(2)15(18)19-16(3)7-11-6-14(16)13-5-10(8-17)4-12(11)13/h10-14H,1,4-7H2,2-3H3. The van der Waals surface area contributed by atoms with Crippen LogP contribution in [0.2, 0.25) is 0 Å². The molecule has 3 aliphatic rings. The fourth-order valence-electron chi connectivity index (χ4n) is 4.91. The Morgan fingerprint density at radius 1 is 1.37 bits per heavy atom. The number of nitriles is 1. The Bertz CT molecular complexity index is 478. The molecule has 0 spiro atoms. The van der Waals surface area contributed by atoms with Gasteiger partial charge < -0.3 is 4.74 Å². The van der Waals surface area contributed by atoms with Crippen LogP contribution >= 0.6 is 0 Å². The van der Waals surface area contributed by atoms with Gasteiger partial charge in [-0.15, -0.1) is 0 Å². The minimum Gasteiger partial charge on any atom is -0.456 e. The topological polar surface area (TPSA) is 50.1 Å². The van der Waals surface area contributed by atoms with Gasteiger partial charge in [-0.2, -0.15) is 5.26 Å². The van der Waals surface area contributed by atoms with Crippen molar-refractivity contribution >= 4 is 5.97 Å². The van der Waals surface area contributed by atoms with Gasteiger partial charge in [0.1, 0.15) is 5.60 Å². The number of ether oxygens (including phenoxy) is 1. The van der Waals surface area contributed by atoms with Crippen LogP contribution < -0.4 is 0 Å². The van der Waals surface area contributed by atoms with Crippen molar-refractivity contribution in [3.05, 3.63) is 12.2 Å². The van der Waals surface area contributed by atoms with E-state index in [0.717, 1.165) is 19.3 Å². The monoisotopic (exact) mass is 259 g/mol. The van der Waals surface area contributed by atoms with Crippen molar-refractivity contribution in [1.82, 2.24) is 0 Å². The molecule has 102 valence electrons. The largest absolute Gasteiger partial charge is 0.456 e. The summed E-state index contributed by atoms with van der Waals surface area (Å²) in [4.78, 5) is 11.8. The van der Waals surface area contributed by atoms with Crippen LogP contribution in [0.25, 0.3) is 0 Å². The lowest BCUT2D eigenvalue weighted by molar-refractivity contribution is -0.161. The molecule has 0 aliphatic heterocycles. The highest BCUT2D eigenvalue weighted by molar-refractivity contribution is 5.87. The van der Waals surface area contributed by atoms with E-state index in [1.807, 2.05) is 0 Å². The fraction of sp³-hybridized carbons (Fsp3) is 0.750. The summed E-state index contributed by atoms with van der Waals surface area (Å²) in [6.07, 6.45) is 4.21. The molecule has 3 aliphatic carbocycles. The molecule has 6 unspecified atom stereocenters. The Kier molecular flexibility index (Phi) is 2.74. The van der Waals surface area contributed by atoms with E-state index in [2.05, 4.69) is 19.6 Å². The summed E-state index contributed by atoms with van der Waals surface area (Å²) in [5.74, 6) is 2.35. The Morgan fingerprint density at radius 3 is 2.68 bits per heavy atom. The highest BCUT2D eigenvalue weighted by atomic mass is 16.6. The van der Waals surface area contributed by atoms with Gasteiger partial charge in [0, 0.05) is 17.4 Å². The number of esters is 1. The van der Waals surface area contributed by atoms with E-state index in [1.54, 1.807) is 6.92 Å². The average molecular weight is 259 g/mol. The molecule has 3 heteroatoms. The van der Waals surface area contributed by atoms with Gasteiger partial charge in [0.25, 0.3) is 0 Å². The molecular weight excluding hydrogens is 238 g/mol. The van der Waals surface area contributed by atoms with Crippen molar-refractivity contribution in [3.8, 4) is 6.07 Å². The summed E-state index contributed by atoms with van der Waals surface area (Å²) in [6.45, 7) is 7.44. The normalized spacial score (nSPS) is 46.7. The molecule has 0 radical (unpaired) electrons. The Morgan fingerprint density at radius 2 is 2.05 bits per heavy atom. The summed E-state index contributed by atoms with van der Waals surface area (Å²) < 4.78 is 5.75. The lowest BCUT2D eigenvalue weighted by Crippen LogP contribution is -2.42. The first-order chi connectivity index (χ1) is 8.94. The van der Waals surface area contributed by atoms with Crippen LogP contribution in [-0.4, -0.2) is 11.6 Å². The van der Waals surface area contributed by atoms with Crippen molar-refractivity contribution in [2.24, 2.45) is 29.6 Å². The van der Waals surface area contributed by atoms with Crippen LogP contribution in [0.15, 0.2) is 12.2 Å². The molecule has 3 rings (SSSR count). The smallest absolute Gasteiger partial charge is 0.333 e. The molecule has 3 fully saturated rings. The van der Waals surface area contributed by atoms with E-state index in [1.165, 1.54) is 6.42 Å². The second-order valence-corrected chi connectivity index (χ2v) is 6.91. The molecule has 0 amide bonds. The third-order valence-corrected chi connectivity index (χ3v) is 5.65. The first-order valence-electron chi connectivity index (χ1n) is 7.23. The molecule has 3 nitrogen and oxygen atoms in total. The molecule has 0 aromatic carbocycles. The van der Waals surface area contributed by atoms with Crippen LogP contribution in [0.4, 0.5) is 0 Å². The molecule has 6 atom stereocenters. The Balaban J connectivity index is 1.77. The maximum Gasteiger partial charge on any atom is 0.333 e. The highest BCUT2D eigenvalue weighted by Crippen LogP contribution is 2.64. The highest BCUT2D eigenvalue weighted by Gasteiger charge is 2.62. The molecule has 0 N–H and O–H groups in total. The van der Waals surface area contributed by atoms with Gasteiger partial charge in [-0.25, -0.2) is 4.79 Å². The number of nitrogens with zero attached hydrogens (tertiary/aromatic N) is 1. The molecular formula is C16H21NO2. The van der Waals surface area contributed by atoms with Gasteiger partial charge in [0.2, 0.25) is 0 Å². The van der Waals surface area contributed by atoms with Crippen LogP contribution in [0, 0.1) is 40.9 Å². The predicted octanol–water partition coefficient (Wildman–Crippen LogP) is 3.07. The van der Waals surface area contributed by atoms with Crippen molar-refractivity contribution in [2.45, 2.75) is 45.1 Å². The number of fused-ring (bicyclic) bond motifs is 5. The van der Waals surface area contributed by atoms with Crippen molar-refractivity contribution in [1.29, 1.82) is 5.26 Å². The second kappa shape index (κ2) is 4.10. The number of hydrogen-bond donors (Lipinski definition) is 0. The zero-order valence-electron chi connectivity index (χ0n) is 11.7.